The van der Waals surface area contributed by atoms with Gasteiger partial charge in [-0.1, -0.05) is 25.0 Å². The summed E-state index contributed by atoms with van der Waals surface area (Å²) in [6.45, 7) is 3.28. The van der Waals surface area contributed by atoms with Gasteiger partial charge in [-0.25, -0.2) is 0 Å². The van der Waals surface area contributed by atoms with E-state index in [1.54, 1.807) is 0 Å². The fraction of sp³-hybridized carbons (Fsp3) is 0.600. The molecule has 1 aromatic carbocycles. The maximum absolute atomic E-state index is 6.13. The molecule has 2 N–H and O–H groups in total. The molecule has 3 nitrogen and oxygen atoms in total. The van der Waals surface area contributed by atoms with Crippen LogP contribution in [0.1, 0.15) is 44.2 Å². The number of hydrogen-bond donors (Lipinski definition) is 1. The van der Waals surface area contributed by atoms with Crippen LogP contribution in [0.5, 0.6) is 5.75 Å². The first kappa shape index (κ1) is 13.4. The minimum atomic E-state index is -0.0405. The van der Waals surface area contributed by atoms with Gasteiger partial charge in [0.25, 0.3) is 0 Å². The maximum atomic E-state index is 6.13. The molecule has 1 aliphatic rings. The van der Waals surface area contributed by atoms with Gasteiger partial charge < -0.3 is 15.2 Å². The zero-order chi connectivity index (χ0) is 12.8. The Labute approximate surface area is 109 Å². The monoisotopic (exact) mass is 249 g/mol. The van der Waals surface area contributed by atoms with Gasteiger partial charge in [0.1, 0.15) is 5.75 Å². The smallest absolute Gasteiger partial charge is 0.119 e. The molecular formula is C15H23NO2. The van der Waals surface area contributed by atoms with Crippen molar-refractivity contribution in [3.63, 3.8) is 0 Å². The summed E-state index contributed by atoms with van der Waals surface area (Å²) in [6, 6.07) is 7.94. The maximum Gasteiger partial charge on any atom is 0.119 e. The molecular weight excluding hydrogens is 226 g/mol. The second-order valence-electron chi connectivity index (χ2n) is 4.85. The molecule has 0 radical (unpaired) electrons. The van der Waals surface area contributed by atoms with E-state index in [0.717, 1.165) is 11.3 Å². The molecule has 0 saturated heterocycles. The fourth-order valence-electron chi connectivity index (χ4n) is 2.37. The molecule has 0 spiro atoms. The first-order valence-electron chi connectivity index (χ1n) is 6.89. The average molecular weight is 249 g/mol. The number of nitrogens with two attached hydrogens (primary N) is 1. The Morgan fingerprint density at radius 3 is 2.50 bits per heavy atom. The standard InChI is InChI=1S/C15H23NO2/c1-2-17-14-9-7-12(8-10-14)15(16)11-18-13-5-3-4-6-13/h7-10,13,15H,2-6,11,16H2,1H3. The highest BCUT2D eigenvalue weighted by Gasteiger charge is 2.17. The highest BCUT2D eigenvalue weighted by molar-refractivity contribution is 5.29. The van der Waals surface area contributed by atoms with Crippen LogP contribution >= 0.6 is 0 Å². The molecule has 1 aromatic rings. The Kier molecular flexibility index (Phi) is 5.02. The van der Waals surface area contributed by atoms with Gasteiger partial charge in [-0.3, -0.25) is 0 Å². The average Bonchev–Trinajstić information content (AvgIpc) is 2.90. The quantitative estimate of drug-likeness (QED) is 0.842. The Morgan fingerprint density at radius 1 is 1.22 bits per heavy atom. The van der Waals surface area contributed by atoms with Gasteiger partial charge in [-0.2, -0.15) is 0 Å². The largest absolute Gasteiger partial charge is 0.494 e. The molecule has 2 rings (SSSR count). The van der Waals surface area contributed by atoms with E-state index >= 15 is 0 Å². The van der Waals surface area contributed by atoms with Crippen LogP contribution in [0.2, 0.25) is 0 Å². The second kappa shape index (κ2) is 6.76. The minimum Gasteiger partial charge on any atom is -0.494 e. The summed E-state index contributed by atoms with van der Waals surface area (Å²) in [7, 11) is 0. The number of ether oxygens (including phenoxy) is 2. The van der Waals surface area contributed by atoms with Crippen molar-refractivity contribution < 1.29 is 9.47 Å². The van der Waals surface area contributed by atoms with E-state index in [2.05, 4.69) is 0 Å². The molecule has 0 aliphatic heterocycles. The van der Waals surface area contributed by atoms with Crippen molar-refractivity contribution in [1.29, 1.82) is 0 Å². The van der Waals surface area contributed by atoms with E-state index < -0.39 is 0 Å². The summed E-state index contributed by atoms with van der Waals surface area (Å²) in [5.41, 5.74) is 7.24. The summed E-state index contributed by atoms with van der Waals surface area (Å²) in [5.74, 6) is 0.894. The molecule has 1 atom stereocenters. The highest BCUT2D eigenvalue weighted by Crippen LogP contribution is 2.23. The lowest BCUT2D eigenvalue weighted by atomic mass is 10.1. The Hall–Kier alpha value is -1.06. The van der Waals surface area contributed by atoms with E-state index in [4.69, 9.17) is 15.2 Å². The predicted octanol–water partition coefficient (Wildman–Crippen LogP) is 3.04. The van der Waals surface area contributed by atoms with E-state index in [9.17, 15) is 0 Å². The van der Waals surface area contributed by atoms with E-state index in [-0.39, 0.29) is 6.04 Å². The van der Waals surface area contributed by atoms with Crippen LogP contribution in [-0.2, 0) is 4.74 Å². The van der Waals surface area contributed by atoms with Crippen LogP contribution in [0.3, 0.4) is 0 Å². The van der Waals surface area contributed by atoms with Crippen molar-refractivity contribution in [2.45, 2.75) is 44.8 Å². The molecule has 0 bridgehead atoms. The molecule has 0 amide bonds. The molecule has 1 unspecified atom stereocenters. The van der Waals surface area contributed by atoms with Gasteiger partial charge in [0.2, 0.25) is 0 Å². The zero-order valence-electron chi connectivity index (χ0n) is 11.1. The number of rotatable bonds is 6. The summed E-state index contributed by atoms with van der Waals surface area (Å²) in [4.78, 5) is 0. The molecule has 1 aliphatic carbocycles. The Morgan fingerprint density at radius 2 is 1.89 bits per heavy atom. The Bertz CT molecular complexity index is 344. The molecule has 3 heteroatoms. The third kappa shape index (κ3) is 3.72. The normalized spacial score (nSPS) is 17.9. The van der Waals surface area contributed by atoms with E-state index in [1.807, 2.05) is 31.2 Å². The molecule has 18 heavy (non-hydrogen) atoms. The second-order valence-corrected chi connectivity index (χ2v) is 4.85. The van der Waals surface area contributed by atoms with E-state index in [0.29, 0.717) is 19.3 Å². The van der Waals surface area contributed by atoms with Crippen molar-refractivity contribution >= 4 is 0 Å². The van der Waals surface area contributed by atoms with Gasteiger partial charge in [-0.15, -0.1) is 0 Å². The first-order chi connectivity index (χ1) is 8.79. The summed E-state index contributed by atoms with van der Waals surface area (Å²) < 4.78 is 11.3. The molecule has 1 saturated carbocycles. The fourth-order valence-corrected chi connectivity index (χ4v) is 2.37. The lowest BCUT2D eigenvalue weighted by molar-refractivity contribution is 0.0489. The third-order valence-electron chi connectivity index (χ3n) is 3.43. The number of hydrogen-bond acceptors (Lipinski definition) is 3. The predicted molar refractivity (Wildman–Crippen MR) is 72.7 cm³/mol. The highest BCUT2D eigenvalue weighted by atomic mass is 16.5. The molecule has 0 heterocycles. The minimum absolute atomic E-state index is 0.0405. The SMILES string of the molecule is CCOc1ccc(C(N)COC2CCCC2)cc1. The van der Waals surface area contributed by atoms with Crippen molar-refractivity contribution in [2.24, 2.45) is 5.73 Å². The summed E-state index contributed by atoms with van der Waals surface area (Å²) >= 11 is 0. The van der Waals surface area contributed by atoms with Gasteiger partial charge >= 0.3 is 0 Å². The number of benzene rings is 1. The van der Waals surface area contributed by atoms with Gasteiger partial charge in [0.15, 0.2) is 0 Å². The van der Waals surface area contributed by atoms with Crippen LogP contribution in [0.25, 0.3) is 0 Å². The van der Waals surface area contributed by atoms with Crippen LogP contribution in [0, 0.1) is 0 Å². The van der Waals surface area contributed by atoms with Crippen molar-refractivity contribution in [3.05, 3.63) is 29.8 Å². The first-order valence-corrected chi connectivity index (χ1v) is 6.89. The summed E-state index contributed by atoms with van der Waals surface area (Å²) in [6.07, 6.45) is 5.40. The third-order valence-corrected chi connectivity index (χ3v) is 3.43. The van der Waals surface area contributed by atoms with Crippen molar-refractivity contribution in [2.75, 3.05) is 13.2 Å². The van der Waals surface area contributed by atoms with Crippen LogP contribution < -0.4 is 10.5 Å². The van der Waals surface area contributed by atoms with Crippen LogP contribution in [-0.4, -0.2) is 19.3 Å². The van der Waals surface area contributed by atoms with Gasteiger partial charge in [0.05, 0.1) is 25.4 Å². The molecule has 100 valence electrons. The zero-order valence-corrected chi connectivity index (χ0v) is 11.1. The molecule has 1 fully saturated rings. The van der Waals surface area contributed by atoms with Gasteiger partial charge in [-0.05, 0) is 37.5 Å². The lowest BCUT2D eigenvalue weighted by Crippen LogP contribution is -2.20. The van der Waals surface area contributed by atoms with E-state index in [1.165, 1.54) is 25.7 Å². The molecule has 0 aromatic heterocycles. The van der Waals surface area contributed by atoms with Crippen molar-refractivity contribution in [3.8, 4) is 5.75 Å². The van der Waals surface area contributed by atoms with Crippen molar-refractivity contribution in [1.82, 2.24) is 0 Å². The Balaban J connectivity index is 1.81. The van der Waals surface area contributed by atoms with Gasteiger partial charge in [0, 0.05) is 0 Å². The van der Waals surface area contributed by atoms with Crippen LogP contribution in [0.4, 0.5) is 0 Å². The summed E-state index contributed by atoms with van der Waals surface area (Å²) in [5, 5.41) is 0. The van der Waals surface area contributed by atoms with Crippen LogP contribution in [0.15, 0.2) is 24.3 Å². The lowest BCUT2D eigenvalue weighted by Gasteiger charge is -2.16. The topological polar surface area (TPSA) is 44.5 Å².